The van der Waals surface area contributed by atoms with Gasteiger partial charge in [0.05, 0.1) is 14.2 Å². The summed E-state index contributed by atoms with van der Waals surface area (Å²) < 4.78 is 10.9. The molecule has 0 bridgehead atoms. The molecule has 0 heterocycles. The van der Waals surface area contributed by atoms with E-state index in [1.54, 1.807) is 43.5 Å². The molecule has 0 radical (unpaired) electrons. The molecule has 2 rings (SSSR count). The van der Waals surface area contributed by atoms with E-state index in [1.807, 2.05) is 6.07 Å². The van der Waals surface area contributed by atoms with Crippen molar-refractivity contribution >= 4 is 40.3 Å². The highest BCUT2D eigenvalue weighted by atomic mass is 127. The summed E-state index contributed by atoms with van der Waals surface area (Å²) in [5, 5.41) is 22.1. The molecule has 1 amide bonds. The summed E-state index contributed by atoms with van der Waals surface area (Å²) in [5.74, 6) is 0.216. The van der Waals surface area contributed by atoms with Crippen molar-refractivity contribution in [3.8, 4) is 23.3 Å². The van der Waals surface area contributed by atoms with E-state index < -0.39 is 5.91 Å². The number of carbonyl (C=O) groups is 1. The molecule has 25 heavy (non-hydrogen) atoms. The molecule has 2 aromatic carbocycles. The molecule has 0 aliphatic rings. The van der Waals surface area contributed by atoms with Gasteiger partial charge in [0.1, 0.15) is 17.4 Å². The first kappa shape index (κ1) is 18.6. The number of ether oxygens (including phenoxy) is 2. The fourth-order valence-corrected chi connectivity index (χ4v) is 2.66. The minimum Gasteiger partial charge on any atom is -0.504 e. The number of phenolic OH excluding ortho intramolecular Hbond substituents is 1. The van der Waals surface area contributed by atoms with Gasteiger partial charge in [0, 0.05) is 14.8 Å². The molecule has 128 valence electrons. The Morgan fingerprint density at radius 1 is 1.24 bits per heavy atom. The number of nitrogens with one attached hydrogen (secondary N) is 1. The van der Waals surface area contributed by atoms with Gasteiger partial charge in [-0.25, -0.2) is 0 Å². The van der Waals surface area contributed by atoms with Gasteiger partial charge in [-0.2, -0.15) is 5.26 Å². The van der Waals surface area contributed by atoms with Crippen LogP contribution < -0.4 is 14.8 Å². The summed E-state index contributed by atoms with van der Waals surface area (Å²) in [6, 6.07) is 11.9. The van der Waals surface area contributed by atoms with Gasteiger partial charge in [-0.05, 0) is 65.1 Å². The van der Waals surface area contributed by atoms with Crippen molar-refractivity contribution in [2.75, 3.05) is 19.5 Å². The Hall–Kier alpha value is -2.73. The smallest absolute Gasteiger partial charge is 0.266 e. The fraction of sp³-hybridized carbons (Fsp3) is 0.111. The van der Waals surface area contributed by atoms with Gasteiger partial charge in [-0.15, -0.1) is 0 Å². The van der Waals surface area contributed by atoms with Crippen molar-refractivity contribution in [2.24, 2.45) is 0 Å². The molecular formula is C18H15IN2O4. The zero-order valence-electron chi connectivity index (χ0n) is 13.5. The van der Waals surface area contributed by atoms with Crippen molar-refractivity contribution < 1.29 is 19.4 Å². The van der Waals surface area contributed by atoms with Crippen LogP contribution >= 0.6 is 22.6 Å². The van der Waals surface area contributed by atoms with Gasteiger partial charge in [0.15, 0.2) is 11.5 Å². The number of amides is 1. The highest BCUT2D eigenvalue weighted by molar-refractivity contribution is 14.1. The first-order valence-corrected chi connectivity index (χ1v) is 8.20. The molecular weight excluding hydrogens is 435 g/mol. The lowest BCUT2D eigenvalue weighted by Crippen LogP contribution is -2.13. The molecule has 0 spiro atoms. The predicted molar refractivity (Wildman–Crippen MR) is 103 cm³/mol. The predicted octanol–water partition coefficient (Wildman–Crippen LogP) is 3.56. The van der Waals surface area contributed by atoms with Gasteiger partial charge in [0.25, 0.3) is 5.91 Å². The Bertz CT molecular complexity index is 855. The molecule has 2 aromatic rings. The monoisotopic (exact) mass is 450 g/mol. The number of carbonyl (C=O) groups excluding carboxylic acids is 1. The summed E-state index contributed by atoms with van der Waals surface area (Å²) >= 11 is 2.06. The number of aromatic hydroxyl groups is 1. The van der Waals surface area contributed by atoms with E-state index in [4.69, 9.17) is 9.47 Å². The largest absolute Gasteiger partial charge is 0.504 e. The molecule has 2 N–H and O–H groups in total. The summed E-state index contributed by atoms with van der Waals surface area (Å²) in [5.41, 5.74) is 0.705. The van der Waals surface area contributed by atoms with E-state index in [2.05, 4.69) is 27.9 Å². The second-order valence-electron chi connectivity index (χ2n) is 4.90. The van der Waals surface area contributed by atoms with Crippen molar-refractivity contribution in [3.63, 3.8) is 0 Å². The third-order valence-corrected chi connectivity index (χ3v) is 3.92. The van der Waals surface area contributed by atoms with Gasteiger partial charge < -0.3 is 19.9 Å². The van der Waals surface area contributed by atoms with Gasteiger partial charge in [-0.1, -0.05) is 0 Å². The van der Waals surface area contributed by atoms with Crippen LogP contribution in [0.4, 0.5) is 5.69 Å². The molecule has 0 unspecified atom stereocenters. The number of anilines is 1. The molecule has 0 saturated carbocycles. The summed E-state index contributed by atoms with van der Waals surface area (Å²) in [4.78, 5) is 12.3. The third-order valence-electron chi connectivity index (χ3n) is 3.30. The third kappa shape index (κ3) is 4.64. The van der Waals surface area contributed by atoms with E-state index in [0.29, 0.717) is 17.0 Å². The van der Waals surface area contributed by atoms with Crippen LogP contribution in [0.1, 0.15) is 5.56 Å². The Kier molecular flexibility index (Phi) is 6.25. The summed E-state index contributed by atoms with van der Waals surface area (Å²) in [6.45, 7) is 0. The molecule has 6 nitrogen and oxygen atoms in total. The summed E-state index contributed by atoms with van der Waals surface area (Å²) in [7, 11) is 2.98. The molecule has 0 fully saturated rings. The summed E-state index contributed by atoms with van der Waals surface area (Å²) in [6.07, 6.45) is 1.32. The standard InChI is InChI=1S/C18H15IN2O4/c1-24-15-5-3-14(4-6-15)21-18(23)12(10-20)7-11-8-13(19)9-16(25-2)17(11)22/h3-9,22H,1-2H3,(H,21,23)/b12-7-. The SMILES string of the molecule is COc1ccc(NC(=O)/C(C#N)=C\c2cc(I)cc(OC)c2O)cc1. The number of halogens is 1. The highest BCUT2D eigenvalue weighted by Crippen LogP contribution is 2.33. The number of hydrogen-bond donors (Lipinski definition) is 2. The fourth-order valence-electron chi connectivity index (χ4n) is 2.04. The van der Waals surface area contributed by atoms with Crippen LogP contribution in [0.25, 0.3) is 6.08 Å². The zero-order valence-corrected chi connectivity index (χ0v) is 15.7. The Balaban J connectivity index is 2.29. The number of rotatable bonds is 5. The second kappa shape index (κ2) is 8.39. The molecule has 0 atom stereocenters. The Morgan fingerprint density at radius 2 is 1.92 bits per heavy atom. The van der Waals surface area contributed by atoms with Crippen LogP contribution in [0.3, 0.4) is 0 Å². The van der Waals surface area contributed by atoms with Crippen LogP contribution in [-0.4, -0.2) is 25.2 Å². The molecule has 0 aliphatic carbocycles. The minimum absolute atomic E-state index is 0.132. The average Bonchev–Trinajstić information content (AvgIpc) is 2.62. The topological polar surface area (TPSA) is 91.6 Å². The number of methoxy groups -OCH3 is 2. The molecule has 7 heteroatoms. The van der Waals surface area contributed by atoms with Crippen LogP contribution in [0.5, 0.6) is 17.2 Å². The molecule has 0 aromatic heterocycles. The van der Waals surface area contributed by atoms with E-state index in [0.717, 1.165) is 3.57 Å². The van der Waals surface area contributed by atoms with Crippen LogP contribution in [0, 0.1) is 14.9 Å². The van der Waals surface area contributed by atoms with E-state index in [9.17, 15) is 15.2 Å². The van der Waals surface area contributed by atoms with E-state index in [-0.39, 0.29) is 17.1 Å². The second-order valence-corrected chi connectivity index (χ2v) is 6.14. The van der Waals surface area contributed by atoms with Gasteiger partial charge in [-0.3, -0.25) is 4.79 Å². The lowest BCUT2D eigenvalue weighted by atomic mass is 10.1. The lowest BCUT2D eigenvalue weighted by Gasteiger charge is -2.08. The Morgan fingerprint density at radius 3 is 2.48 bits per heavy atom. The van der Waals surface area contributed by atoms with E-state index >= 15 is 0 Å². The maximum Gasteiger partial charge on any atom is 0.266 e. The van der Waals surface area contributed by atoms with Crippen molar-refractivity contribution in [3.05, 3.63) is 51.1 Å². The maximum absolute atomic E-state index is 12.3. The van der Waals surface area contributed by atoms with Gasteiger partial charge >= 0.3 is 0 Å². The minimum atomic E-state index is -0.579. The Labute approximate surface area is 158 Å². The van der Waals surface area contributed by atoms with Crippen molar-refractivity contribution in [2.45, 2.75) is 0 Å². The number of nitrogens with zero attached hydrogens (tertiary/aromatic N) is 1. The van der Waals surface area contributed by atoms with Crippen LogP contribution in [0.2, 0.25) is 0 Å². The highest BCUT2D eigenvalue weighted by Gasteiger charge is 2.13. The average molecular weight is 450 g/mol. The number of phenols is 1. The molecule has 0 aliphatic heterocycles. The zero-order chi connectivity index (χ0) is 18.4. The molecule has 0 saturated heterocycles. The van der Waals surface area contributed by atoms with Crippen molar-refractivity contribution in [1.29, 1.82) is 5.26 Å². The number of hydrogen-bond acceptors (Lipinski definition) is 5. The quantitative estimate of drug-likeness (QED) is 0.413. The van der Waals surface area contributed by atoms with Crippen LogP contribution in [-0.2, 0) is 4.79 Å². The lowest BCUT2D eigenvalue weighted by molar-refractivity contribution is -0.112. The van der Waals surface area contributed by atoms with Crippen LogP contribution in [0.15, 0.2) is 42.0 Å². The normalized spacial score (nSPS) is 10.7. The number of benzene rings is 2. The first-order chi connectivity index (χ1) is 12.0. The maximum atomic E-state index is 12.3. The number of nitriles is 1. The van der Waals surface area contributed by atoms with Gasteiger partial charge in [0.2, 0.25) is 0 Å². The van der Waals surface area contributed by atoms with Crippen molar-refractivity contribution in [1.82, 2.24) is 0 Å². The van der Waals surface area contributed by atoms with E-state index in [1.165, 1.54) is 13.2 Å². The first-order valence-electron chi connectivity index (χ1n) is 7.12.